The Hall–Kier alpha value is -1.75. The van der Waals surface area contributed by atoms with Gasteiger partial charge in [-0.2, -0.15) is 0 Å². The van der Waals surface area contributed by atoms with Gasteiger partial charge in [0.1, 0.15) is 0 Å². The van der Waals surface area contributed by atoms with Crippen LogP contribution in [0.3, 0.4) is 0 Å². The van der Waals surface area contributed by atoms with E-state index in [1.807, 2.05) is 25.2 Å². The van der Waals surface area contributed by atoms with Crippen molar-refractivity contribution in [3.05, 3.63) is 18.2 Å². The maximum absolute atomic E-state index is 12.6. The summed E-state index contributed by atoms with van der Waals surface area (Å²) in [5.41, 5.74) is 8.56. The Bertz CT molecular complexity index is 513. The molecule has 1 amide bonds. The molecule has 1 saturated carbocycles. The number of methoxy groups -OCH3 is 1. The molecule has 0 aliphatic heterocycles. The summed E-state index contributed by atoms with van der Waals surface area (Å²) in [6, 6.07) is 5.78. The molecular formula is C18H29N3O2. The van der Waals surface area contributed by atoms with Crippen LogP contribution in [0.4, 0.5) is 17.1 Å². The van der Waals surface area contributed by atoms with Gasteiger partial charge in [-0.3, -0.25) is 4.79 Å². The standard InChI is InChI=1S/C18H29N3O2/c1-21(18(22)14-7-4-3-5-8-14)15-9-10-17(16(19)13-15)20-11-6-12-23-2/h9-10,13-14,20H,3-8,11-12,19H2,1-2H3. The van der Waals surface area contributed by atoms with Gasteiger partial charge in [0.05, 0.1) is 11.4 Å². The summed E-state index contributed by atoms with van der Waals surface area (Å²) in [5, 5.41) is 3.30. The van der Waals surface area contributed by atoms with Crippen LogP contribution in [0.2, 0.25) is 0 Å². The molecule has 0 aromatic heterocycles. The van der Waals surface area contributed by atoms with Crippen LogP contribution in [-0.4, -0.2) is 33.2 Å². The average molecular weight is 319 g/mol. The number of nitrogens with two attached hydrogens (primary N) is 1. The average Bonchev–Trinajstić information content (AvgIpc) is 2.59. The highest BCUT2D eigenvalue weighted by atomic mass is 16.5. The number of hydrogen-bond acceptors (Lipinski definition) is 4. The van der Waals surface area contributed by atoms with Gasteiger partial charge < -0.3 is 20.7 Å². The second-order valence-corrected chi connectivity index (χ2v) is 6.28. The number of nitrogen functional groups attached to an aromatic ring is 1. The van der Waals surface area contributed by atoms with Crippen molar-refractivity contribution in [2.45, 2.75) is 38.5 Å². The Morgan fingerprint density at radius 1 is 1.35 bits per heavy atom. The van der Waals surface area contributed by atoms with Crippen LogP contribution in [0, 0.1) is 5.92 Å². The fraction of sp³-hybridized carbons (Fsp3) is 0.611. The summed E-state index contributed by atoms with van der Waals surface area (Å²) in [6.45, 7) is 1.54. The molecule has 0 heterocycles. The summed E-state index contributed by atoms with van der Waals surface area (Å²) >= 11 is 0. The molecule has 3 N–H and O–H groups in total. The normalized spacial score (nSPS) is 15.4. The van der Waals surface area contributed by atoms with Crippen LogP contribution in [0.1, 0.15) is 38.5 Å². The fourth-order valence-electron chi connectivity index (χ4n) is 3.11. The van der Waals surface area contributed by atoms with Crippen LogP contribution in [-0.2, 0) is 9.53 Å². The van der Waals surface area contributed by atoms with E-state index in [0.717, 1.165) is 56.6 Å². The number of hydrogen-bond donors (Lipinski definition) is 2. The second-order valence-electron chi connectivity index (χ2n) is 6.28. The summed E-state index contributed by atoms with van der Waals surface area (Å²) in [4.78, 5) is 14.3. The minimum atomic E-state index is 0.168. The molecule has 0 unspecified atom stereocenters. The first-order valence-corrected chi connectivity index (χ1v) is 8.53. The quantitative estimate of drug-likeness (QED) is 0.598. The van der Waals surface area contributed by atoms with Gasteiger partial charge in [0, 0.05) is 38.9 Å². The van der Waals surface area contributed by atoms with Crippen molar-refractivity contribution in [3.63, 3.8) is 0 Å². The van der Waals surface area contributed by atoms with Gasteiger partial charge in [-0.25, -0.2) is 0 Å². The molecule has 1 fully saturated rings. The largest absolute Gasteiger partial charge is 0.397 e. The molecule has 0 spiro atoms. The molecule has 0 radical (unpaired) electrons. The zero-order valence-electron chi connectivity index (χ0n) is 14.3. The van der Waals surface area contributed by atoms with Crippen LogP contribution in [0.25, 0.3) is 0 Å². The summed E-state index contributed by atoms with van der Waals surface area (Å²) in [7, 11) is 3.54. The highest BCUT2D eigenvalue weighted by Crippen LogP contribution is 2.29. The zero-order valence-corrected chi connectivity index (χ0v) is 14.3. The van der Waals surface area contributed by atoms with Crippen LogP contribution < -0.4 is 16.0 Å². The van der Waals surface area contributed by atoms with Crippen LogP contribution in [0.5, 0.6) is 0 Å². The molecule has 1 aromatic rings. The minimum absolute atomic E-state index is 0.168. The molecule has 1 aliphatic rings. The van der Waals surface area contributed by atoms with Gasteiger partial charge in [-0.15, -0.1) is 0 Å². The van der Waals surface area contributed by atoms with Crippen molar-refractivity contribution < 1.29 is 9.53 Å². The first-order valence-electron chi connectivity index (χ1n) is 8.53. The Morgan fingerprint density at radius 3 is 2.74 bits per heavy atom. The molecule has 1 aliphatic carbocycles. The topological polar surface area (TPSA) is 67.6 Å². The molecule has 0 bridgehead atoms. The first kappa shape index (κ1) is 17.6. The van der Waals surface area contributed by atoms with E-state index >= 15 is 0 Å². The molecule has 1 aromatic carbocycles. The number of ether oxygens (including phenoxy) is 1. The van der Waals surface area contributed by atoms with Gasteiger partial charge >= 0.3 is 0 Å². The molecule has 23 heavy (non-hydrogen) atoms. The molecule has 0 atom stereocenters. The lowest BCUT2D eigenvalue weighted by atomic mass is 9.88. The van der Waals surface area contributed by atoms with Crippen molar-refractivity contribution >= 4 is 23.0 Å². The molecule has 5 nitrogen and oxygen atoms in total. The molecule has 5 heteroatoms. The monoisotopic (exact) mass is 319 g/mol. The maximum atomic E-state index is 12.6. The second kappa shape index (κ2) is 8.77. The molecule has 0 saturated heterocycles. The van der Waals surface area contributed by atoms with Crippen LogP contribution in [0.15, 0.2) is 18.2 Å². The summed E-state index contributed by atoms with van der Waals surface area (Å²) in [5.74, 6) is 0.381. The van der Waals surface area contributed by atoms with Gasteiger partial charge in [-0.05, 0) is 37.5 Å². The summed E-state index contributed by atoms with van der Waals surface area (Å²) in [6.07, 6.45) is 6.53. The van der Waals surface area contributed by atoms with E-state index < -0.39 is 0 Å². The molecular weight excluding hydrogens is 290 g/mol. The van der Waals surface area contributed by atoms with Crippen molar-refractivity contribution in [1.29, 1.82) is 0 Å². The maximum Gasteiger partial charge on any atom is 0.229 e. The number of nitrogens with zero attached hydrogens (tertiary/aromatic N) is 1. The van der Waals surface area contributed by atoms with E-state index in [2.05, 4.69) is 5.32 Å². The van der Waals surface area contributed by atoms with Gasteiger partial charge in [0.25, 0.3) is 0 Å². The number of carbonyl (C=O) groups is 1. The highest BCUT2D eigenvalue weighted by Gasteiger charge is 2.24. The lowest BCUT2D eigenvalue weighted by molar-refractivity contribution is -0.123. The first-order chi connectivity index (χ1) is 11.1. The predicted molar refractivity (Wildman–Crippen MR) is 95.8 cm³/mol. The number of carbonyl (C=O) groups excluding carboxylic acids is 1. The van der Waals surface area contributed by atoms with E-state index in [0.29, 0.717) is 5.69 Å². The van der Waals surface area contributed by atoms with E-state index in [-0.39, 0.29) is 11.8 Å². The third-order valence-electron chi connectivity index (χ3n) is 4.55. The molecule has 2 rings (SSSR count). The fourth-order valence-corrected chi connectivity index (χ4v) is 3.11. The minimum Gasteiger partial charge on any atom is -0.397 e. The lowest BCUT2D eigenvalue weighted by Gasteiger charge is -2.27. The number of amides is 1. The lowest BCUT2D eigenvalue weighted by Crippen LogP contribution is -2.34. The van der Waals surface area contributed by atoms with E-state index in [4.69, 9.17) is 10.5 Å². The number of rotatable bonds is 7. The number of benzene rings is 1. The van der Waals surface area contributed by atoms with Crippen molar-refractivity contribution in [3.8, 4) is 0 Å². The van der Waals surface area contributed by atoms with Gasteiger partial charge in [0.15, 0.2) is 0 Å². The Kier molecular flexibility index (Phi) is 6.71. The van der Waals surface area contributed by atoms with Crippen molar-refractivity contribution in [1.82, 2.24) is 0 Å². The molecule has 128 valence electrons. The highest BCUT2D eigenvalue weighted by molar-refractivity contribution is 5.95. The number of anilines is 3. The van der Waals surface area contributed by atoms with Gasteiger partial charge in [-0.1, -0.05) is 19.3 Å². The Balaban J connectivity index is 1.96. The Morgan fingerprint density at radius 2 is 2.09 bits per heavy atom. The number of nitrogens with one attached hydrogen (secondary N) is 1. The SMILES string of the molecule is COCCCNc1ccc(N(C)C(=O)C2CCCCC2)cc1N. The Labute approximate surface area is 139 Å². The summed E-state index contributed by atoms with van der Waals surface area (Å²) < 4.78 is 5.03. The van der Waals surface area contributed by atoms with Crippen molar-refractivity contribution in [2.75, 3.05) is 43.3 Å². The van der Waals surface area contributed by atoms with Crippen LogP contribution >= 0.6 is 0 Å². The van der Waals surface area contributed by atoms with E-state index in [1.165, 1.54) is 6.42 Å². The van der Waals surface area contributed by atoms with Gasteiger partial charge in [0.2, 0.25) is 5.91 Å². The predicted octanol–water partition coefficient (Wildman–Crippen LogP) is 3.26. The van der Waals surface area contributed by atoms with Crippen molar-refractivity contribution in [2.24, 2.45) is 5.92 Å². The van der Waals surface area contributed by atoms with E-state index in [1.54, 1.807) is 12.0 Å². The third-order valence-corrected chi connectivity index (χ3v) is 4.55. The third kappa shape index (κ3) is 4.86. The smallest absolute Gasteiger partial charge is 0.229 e. The zero-order chi connectivity index (χ0) is 16.7. The van der Waals surface area contributed by atoms with E-state index in [9.17, 15) is 4.79 Å².